The second-order valence-corrected chi connectivity index (χ2v) is 6.91. The van der Waals surface area contributed by atoms with Gasteiger partial charge in [0.2, 0.25) is 0 Å². The van der Waals surface area contributed by atoms with E-state index in [0.717, 1.165) is 28.5 Å². The minimum Gasteiger partial charge on any atom is -0.487 e. The number of allylic oxidation sites excluding steroid dienone is 4. The van der Waals surface area contributed by atoms with Gasteiger partial charge in [-0.25, -0.2) is 4.39 Å². The number of amides is 1. The maximum atomic E-state index is 13.2. The summed E-state index contributed by atoms with van der Waals surface area (Å²) >= 11 is 0. The van der Waals surface area contributed by atoms with Crippen LogP contribution in [0.15, 0.2) is 84.6 Å². The van der Waals surface area contributed by atoms with E-state index in [2.05, 4.69) is 12.2 Å². The summed E-state index contributed by atoms with van der Waals surface area (Å²) in [5, 5.41) is 4.84. The van der Waals surface area contributed by atoms with E-state index in [1.807, 2.05) is 55.5 Å². The Labute approximate surface area is 176 Å². The molecule has 0 aliphatic heterocycles. The van der Waals surface area contributed by atoms with Gasteiger partial charge in [0.05, 0.1) is 5.56 Å². The third-order valence-electron chi connectivity index (χ3n) is 4.74. The van der Waals surface area contributed by atoms with Crippen molar-refractivity contribution in [3.63, 3.8) is 0 Å². The zero-order valence-corrected chi connectivity index (χ0v) is 17.3. The number of hydrogen-bond acceptors (Lipinski definition) is 2. The lowest BCUT2D eigenvalue weighted by atomic mass is 10.0. The minimum atomic E-state index is -0.292. The van der Waals surface area contributed by atoms with Crippen LogP contribution in [0.2, 0.25) is 0 Å². The Kier molecular flexibility index (Phi) is 7.39. The summed E-state index contributed by atoms with van der Waals surface area (Å²) in [7, 11) is 0. The molecule has 0 atom stereocenters. The summed E-state index contributed by atoms with van der Waals surface area (Å²) in [6.07, 6.45) is 7.55. The molecule has 0 spiro atoms. The van der Waals surface area contributed by atoms with Crippen LogP contribution in [0.3, 0.4) is 0 Å². The maximum absolute atomic E-state index is 13.2. The van der Waals surface area contributed by atoms with Crippen LogP contribution < -0.4 is 10.1 Å². The predicted octanol–water partition coefficient (Wildman–Crippen LogP) is 6.55. The molecular weight excluding hydrogens is 377 g/mol. The summed E-state index contributed by atoms with van der Waals surface area (Å²) in [5.74, 6) is 0.0160. The maximum Gasteiger partial charge on any atom is 0.259 e. The van der Waals surface area contributed by atoms with Crippen molar-refractivity contribution in [1.29, 1.82) is 0 Å². The molecule has 0 aliphatic rings. The van der Waals surface area contributed by atoms with E-state index >= 15 is 0 Å². The van der Waals surface area contributed by atoms with Gasteiger partial charge in [-0.3, -0.25) is 4.79 Å². The van der Waals surface area contributed by atoms with Crippen molar-refractivity contribution in [2.75, 3.05) is 0 Å². The van der Waals surface area contributed by atoms with Crippen molar-refractivity contribution in [2.24, 2.45) is 0 Å². The molecule has 0 unspecified atom stereocenters. The summed E-state index contributed by atoms with van der Waals surface area (Å²) in [5.41, 5.74) is 2.13. The first-order valence-electron chi connectivity index (χ1n) is 10.2. The molecule has 0 saturated carbocycles. The van der Waals surface area contributed by atoms with Crippen molar-refractivity contribution in [3.05, 3.63) is 102 Å². The van der Waals surface area contributed by atoms with Gasteiger partial charge in [-0.2, -0.15) is 0 Å². The van der Waals surface area contributed by atoms with E-state index in [1.165, 1.54) is 12.1 Å². The molecule has 0 saturated heterocycles. The highest BCUT2D eigenvalue weighted by Crippen LogP contribution is 2.31. The number of fused-ring (bicyclic) bond motifs is 1. The topological polar surface area (TPSA) is 38.3 Å². The molecule has 4 heteroatoms. The zero-order chi connectivity index (χ0) is 21.3. The van der Waals surface area contributed by atoms with Gasteiger partial charge in [0.25, 0.3) is 5.91 Å². The average Bonchev–Trinajstić information content (AvgIpc) is 2.77. The Hall–Kier alpha value is -3.40. The molecular formula is C26H26FNO2. The fourth-order valence-electron chi connectivity index (χ4n) is 3.09. The zero-order valence-electron chi connectivity index (χ0n) is 17.3. The van der Waals surface area contributed by atoms with Crippen LogP contribution in [0, 0.1) is 5.82 Å². The summed E-state index contributed by atoms with van der Waals surface area (Å²) in [6, 6.07) is 17.6. The highest BCUT2D eigenvalue weighted by molar-refractivity contribution is 6.04. The highest BCUT2D eigenvalue weighted by atomic mass is 19.1. The van der Waals surface area contributed by atoms with Gasteiger partial charge in [-0.05, 0) is 48.1 Å². The summed E-state index contributed by atoms with van der Waals surface area (Å²) in [6.45, 7) is 4.30. The van der Waals surface area contributed by atoms with Gasteiger partial charge in [0.15, 0.2) is 0 Å². The number of ether oxygens (including phenoxy) is 1. The molecule has 0 radical (unpaired) electrons. The Bertz CT molecular complexity index is 1070. The van der Waals surface area contributed by atoms with Crippen molar-refractivity contribution < 1.29 is 13.9 Å². The Balaban J connectivity index is 1.92. The van der Waals surface area contributed by atoms with Crippen LogP contribution in [0.5, 0.6) is 5.75 Å². The SMILES string of the molecule is CC/C=C\C=C(/CC)NC(=O)c1ccc2ccccc2c1OCc1ccc(F)cc1. The second-order valence-electron chi connectivity index (χ2n) is 6.91. The van der Waals surface area contributed by atoms with Crippen LogP contribution in [-0.4, -0.2) is 5.91 Å². The molecule has 3 aromatic rings. The first kappa shape index (κ1) is 21.3. The molecule has 1 N–H and O–H groups in total. The van der Waals surface area contributed by atoms with E-state index in [1.54, 1.807) is 18.2 Å². The lowest BCUT2D eigenvalue weighted by Crippen LogP contribution is -2.23. The molecule has 0 fully saturated rings. The van der Waals surface area contributed by atoms with E-state index in [-0.39, 0.29) is 18.3 Å². The predicted molar refractivity (Wildman–Crippen MR) is 120 cm³/mol. The molecule has 0 aliphatic carbocycles. The van der Waals surface area contributed by atoms with E-state index in [4.69, 9.17) is 4.74 Å². The Morgan fingerprint density at radius 2 is 1.80 bits per heavy atom. The van der Waals surface area contributed by atoms with Crippen LogP contribution in [0.25, 0.3) is 10.8 Å². The number of benzene rings is 3. The molecule has 3 aromatic carbocycles. The quantitative estimate of drug-likeness (QED) is 0.433. The van der Waals surface area contributed by atoms with Gasteiger partial charge < -0.3 is 10.1 Å². The molecule has 0 bridgehead atoms. The van der Waals surface area contributed by atoms with Gasteiger partial charge in [0, 0.05) is 11.1 Å². The molecule has 1 amide bonds. The number of carbonyl (C=O) groups excluding carboxylic acids is 1. The van der Waals surface area contributed by atoms with Gasteiger partial charge >= 0.3 is 0 Å². The van der Waals surface area contributed by atoms with Crippen molar-refractivity contribution in [3.8, 4) is 5.75 Å². The van der Waals surface area contributed by atoms with Crippen LogP contribution in [-0.2, 0) is 6.61 Å². The van der Waals surface area contributed by atoms with Crippen LogP contribution in [0.4, 0.5) is 4.39 Å². The lowest BCUT2D eigenvalue weighted by molar-refractivity contribution is 0.0960. The van der Waals surface area contributed by atoms with Gasteiger partial charge in [-0.1, -0.05) is 68.5 Å². The fourth-order valence-corrected chi connectivity index (χ4v) is 3.09. The van der Waals surface area contributed by atoms with E-state index in [0.29, 0.717) is 17.7 Å². The van der Waals surface area contributed by atoms with Crippen LogP contribution in [0.1, 0.15) is 42.6 Å². The summed E-state index contributed by atoms with van der Waals surface area (Å²) < 4.78 is 19.3. The monoisotopic (exact) mass is 403 g/mol. The average molecular weight is 403 g/mol. The van der Waals surface area contributed by atoms with E-state index in [9.17, 15) is 9.18 Å². The minimum absolute atomic E-state index is 0.215. The molecule has 30 heavy (non-hydrogen) atoms. The summed E-state index contributed by atoms with van der Waals surface area (Å²) in [4.78, 5) is 13.1. The number of nitrogens with one attached hydrogen (secondary N) is 1. The molecule has 0 aromatic heterocycles. The number of halogens is 1. The Morgan fingerprint density at radius 3 is 2.53 bits per heavy atom. The largest absolute Gasteiger partial charge is 0.487 e. The highest BCUT2D eigenvalue weighted by Gasteiger charge is 2.16. The van der Waals surface area contributed by atoms with Crippen molar-refractivity contribution in [1.82, 2.24) is 5.32 Å². The third kappa shape index (κ3) is 5.35. The first-order valence-corrected chi connectivity index (χ1v) is 10.2. The fraction of sp³-hybridized carbons (Fsp3) is 0.192. The first-order chi connectivity index (χ1) is 14.6. The molecule has 3 nitrogen and oxygen atoms in total. The second kappa shape index (κ2) is 10.4. The standard InChI is InChI=1S/C26H26FNO2/c1-3-5-6-10-22(4-2)28-26(29)24-17-14-20-9-7-8-11-23(20)25(24)30-18-19-12-15-21(27)16-13-19/h5-17H,3-4,18H2,1-2H3,(H,28,29)/b6-5-,22-10+. The third-order valence-corrected chi connectivity index (χ3v) is 4.74. The molecule has 154 valence electrons. The van der Waals surface area contributed by atoms with Gasteiger partial charge in [-0.15, -0.1) is 0 Å². The van der Waals surface area contributed by atoms with Crippen LogP contribution >= 0.6 is 0 Å². The number of carbonyl (C=O) groups is 1. The van der Waals surface area contributed by atoms with Crippen molar-refractivity contribution >= 4 is 16.7 Å². The number of hydrogen-bond donors (Lipinski definition) is 1. The van der Waals surface area contributed by atoms with Gasteiger partial charge in [0.1, 0.15) is 18.2 Å². The Morgan fingerprint density at radius 1 is 1.03 bits per heavy atom. The smallest absolute Gasteiger partial charge is 0.259 e. The number of rotatable bonds is 8. The molecule has 3 rings (SSSR count). The normalized spacial score (nSPS) is 11.8. The van der Waals surface area contributed by atoms with E-state index < -0.39 is 0 Å². The van der Waals surface area contributed by atoms with Crippen molar-refractivity contribution in [2.45, 2.75) is 33.3 Å². The molecule has 0 heterocycles. The lowest BCUT2D eigenvalue weighted by Gasteiger charge is -2.15.